The normalized spacial score (nSPS) is 22.9. The molecule has 1 saturated carbocycles. The lowest BCUT2D eigenvalue weighted by molar-refractivity contribution is -0.121. The van der Waals surface area contributed by atoms with E-state index in [4.69, 9.17) is 4.52 Å². The van der Waals surface area contributed by atoms with Gasteiger partial charge < -0.3 is 9.84 Å². The minimum Gasteiger partial charge on any atom is -0.353 e. The molecule has 2 fully saturated rings. The van der Waals surface area contributed by atoms with Crippen molar-refractivity contribution in [2.45, 2.75) is 50.6 Å². The van der Waals surface area contributed by atoms with Gasteiger partial charge in [-0.15, -0.1) is 0 Å². The number of rotatable bonds is 6. The second-order valence-electron chi connectivity index (χ2n) is 5.92. The zero-order valence-electron chi connectivity index (χ0n) is 12.5. The quantitative estimate of drug-likeness (QED) is 0.809. The molecule has 9 heteroatoms. The van der Waals surface area contributed by atoms with Crippen molar-refractivity contribution in [1.82, 2.24) is 19.8 Å². The Bertz CT molecular complexity index is 653. The summed E-state index contributed by atoms with van der Waals surface area (Å²) >= 11 is 0. The lowest BCUT2D eigenvalue weighted by Gasteiger charge is -2.18. The molecule has 0 aromatic carbocycles. The third-order valence-electron chi connectivity index (χ3n) is 3.92. The summed E-state index contributed by atoms with van der Waals surface area (Å²) in [5, 5.41) is 6.79. The Morgan fingerprint density at radius 3 is 2.86 bits per heavy atom. The van der Waals surface area contributed by atoms with Crippen molar-refractivity contribution in [3.05, 3.63) is 11.7 Å². The molecule has 1 aliphatic heterocycles. The van der Waals surface area contributed by atoms with Crippen LogP contribution >= 0.6 is 0 Å². The topological polar surface area (TPSA) is 105 Å². The van der Waals surface area contributed by atoms with Crippen LogP contribution in [0.4, 0.5) is 0 Å². The molecule has 0 radical (unpaired) electrons. The van der Waals surface area contributed by atoms with Crippen molar-refractivity contribution >= 4 is 15.9 Å². The summed E-state index contributed by atoms with van der Waals surface area (Å²) in [6.07, 6.45) is 5.45. The van der Waals surface area contributed by atoms with Gasteiger partial charge in [-0.1, -0.05) is 5.16 Å². The average Bonchev–Trinajstić information content (AvgIpc) is 2.95. The van der Waals surface area contributed by atoms with Crippen LogP contribution in [-0.2, 0) is 21.2 Å². The van der Waals surface area contributed by atoms with Crippen molar-refractivity contribution < 1.29 is 17.7 Å². The zero-order chi connectivity index (χ0) is 15.7. The number of amides is 1. The summed E-state index contributed by atoms with van der Waals surface area (Å²) < 4.78 is 30.0. The molecule has 3 rings (SSSR count). The number of hydrogen-bond acceptors (Lipinski definition) is 6. The first-order chi connectivity index (χ1) is 10.4. The summed E-state index contributed by atoms with van der Waals surface area (Å²) in [4.78, 5) is 15.9. The number of sulfonamides is 1. The molecule has 8 nitrogen and oxygen atoms in total. The summed E-state index contributed by atoms with van der Waals surface area (Å²) in [7, 11) is -3.28. The van der Waals surface area contributed by atoms with Gasteiger partial charge >= 0.3 is 0 Å². The fourth-order valence-electron chi connectivity index (χ4n) is 2.65. The number of nitrogens with zero attached hydrogens (tertiary/aromatic N) is 3. The third-order valence-corrected chi connectivity index (χ3v) is 5.21. The number of aromatic nitrogens is 2. The molecule has 1 aromatic heterocycles. The minimum absolute atomic E-state index is 0.0131. The van der Waals surface area contributed by atoms with Gasteiger partial charge in [0.05, 0.1) is 12.3 Å². The van der Waals surface area contributed by atoms with Gasteiger partial charge in [0.2, 0.25) is 21.8 Å². The summed E-state index contributed by atoms with van der Waals surface area (Å²) in [6, 6.07) is -0.0136. The Morgan fingerprint density at radius 2 is 2.18 bits per heavy atom. The van der Waals surface area contributed by atoms with Crippen molar-refractivity contribution in [2.24, 2.45) is 0 Å². The Balaban J connectivity index is 1.59. The molecular formula is C13H20N4O4S. The highest BCUT2D eigenvalue weighted by atomic mass is 32.2. The van der Waals surface area contributed by atoms with E-state index in [0.29, 0.717) is 43.6 Å². The SMILES string of the molecule is CS(=O)(=O)N1CCC[C@H]1c1noc(CCC(=O)NC2CC2)n1. The maximum atomic E-state index is 11.7. The van der Waals surface area contributed by atoms with Crippen LogP contribution in [-0.4, -0.2) is 47.6 Å². The van der Waals surface area contributed by atoms with Crippen LogP contribution < -0.4 is 5.32 Å². The molecule has 1 aliphatic carbocycles. The van der Waals surface area contributed by atoms with E-state index in [0.717, 1.165) is 19.3 Å². The molecule has 1 amide bonds. The van der Waals surface area contributed by atoms with Crippen LogP contribution in [0.15, 0.2) is 4.52 Å². The van der Waals surface area contributed by atoms with Gasteiger partial charge in [0, 0.05) is 25.4 Å². The molecule has 2 heterocycles. The summed E-state index contributed by atoms with van der Waals surface area (Å²) in [6.45, 7) is 0.483. The molecule has 1 atom stereocenters. The van der Waals surface area contributed by atoms with Gasteiger partial charge in [-0.25, -0.2) is 8.42 Å². The molecule has 0 unspecified atom stereocenters. The van der Waals surface area contributed by atoms with Gasteiger partial charge in [-0.05, 0) is 25.7 Å². The highest BCUT2D eigenvalue weighted by Crippen LogP contribution is 2.32. The summed E-state index contributed by atoms with van der Waals surface area (Å²) in [5.41, 5.74) is 0. The molecule has 1 aromatic rings. The van der Waals surface area contributed by atoms with Gasteiger partial charge in [-0.2, -0.15) is 9.29 Å². The van der Waals surface area contributed by atoms with Crippen LogP contribution in [0.1, 0.15) is 49.9 Å². The molecule has 122 valence electrons. The maximum Gasteiger partial charge on any atom is 0.227 e. The molecule has 1 saturated heterocycles. The van der Waals surface area contributed by atoms with Crippen LogP contribution in [0.3, 0.4) is 0 Å². The van der Waals surface area contributed by atoms with Crippen LogP contribution in [0.2, 0.25) is 0 Å². The number of hydrogen-bond donors (Lipinski definition) is 1. The molecule has 0 spiro atoms. The fraction of sp³-hybridized carbons (Fsp3) is 0.769. The van der Waals surface area contributed by atoms with E-state index in [1.807, 2.05) is 0 Å². The maximum absolute atomic E-state index is 11.7. The van der Waals surface area contributed by atoms with E-state index in [2.05, 4.69) is 15.5 Å². The van der Waals surface area contributed by atoms with E-state index < -0.39 is 10.0 Å². The van der Waals surface area contributed by atoms with Gasteiger partial charge in [0.15, 0.2) is 5.82 Å². The van der Waals surface area contributed by atoms with E-state index in [-0.39, 0.29) is 11.9 Å². The third kappa shape index (κ3) is 3.64. The van der Waals surface area contributed by atoms with E-state index in [9.17, 15) is 13.2 Å². The predicted molar refractivity (Wildman–Crippen MR) is 77.3 cm³/mol. The molecular weight excluding hydrogens is 308 g/mol. The van der Waals surface area contributed by atoms with E-state index in [1.54, 1.807) is 0 Å². The highest BCUT2D eigenvalue weighted by Gasteiger charge is 2.35. The zero-order valence-corrected chi connectivity index (χ0v) is 13.3. The van der Waals surface area contributed by atoms with Crippen molar-refractivity contribution in [1.29, 1.82) is 0 Å². The lowest BCUT2D eigenvalue weighted by Crippen LogP contribution is -2.30. The summed E-state index contributed by atoms with van der Waals surface area (Å²) in [5.74, 6) is 0.753. The van der Waals surface area contributed by atoms with Gasteiger partial charge in [0.25, 0.3) is 0 Å². The van der Waals surface area contributed by atoms with E-state index >= 15 is 0 Å². The standard InChI is InChI=1S/C13H20N4O4S/c1-22(19,20)17-8-2-3-10(17)13-15-12(21-16-13)7-6-11(18)14-9-4-5-9/h9-10H,2-8H2,1H3,(H,14,18)/t10-/m0/s1. The molecule has 0 bridgehead atoms. The smallest absolute Gasteiger partial charge is 0.227 e. The first-order valence-electron chi connectivity index (χ1n) is 7.52. The Morgan fingerprint density at radius 1 is 1.41 bits per heavy atom. The van der Waals surface area contributed by atoms with Gasteiger partial charge in [-0.3, -0.25) is 4.79 Å². The second kappa shape index (κ2) is 5.96. The number of carbonyl (C=O) groups is 1. The lowest BCUT2D eigenvalue weighted by atomic mass is 10.2. The van der Waals surface area contributed by atoms with Crippen molar-refractivity contribution in [3.63, 3.8) is 0 Å². The Kier molecular flexibility index (Phi) is 4.18. The second-order valence-corrected chi connectivity index (χ2v) is 7.85. The largest absolute Gasteiger partial charge is 0.353 e. The Labute approximate surface area is 129 Å². The fourth-order valence-corrected chi connectivity index (χ4v) is 3.77. The van der Waals surface area contributed by atoms with Gasteiger partial charge in [0.1, 0.15) is 0 Å². The van der Waals surface area contributed by atoms with Crippen LogP contribution in [0.25, 0.3) is 0 Å². The van der Waals surface area contributed by atoms with Crippen LogP contribution in [0.5, 0.6) is 0 Å². The molecule has 1 N–H and O–H groups in total. The highest BCUT2D eigenvalue weighted by molar-refractivity contribution is 7.88. The first-order valence-corrected chi connectivity index (χ1v) is 9.37. The minimum atomic E-state index is -3.28. The van der Waals surface area contributed by atoms with E-state index in [1.165, 1.54) is 10.6 Å². The predicted octanol–water partition coefficient (Wildman–Crippen LogP) is 0.377. The molecule has 2 aliphatic rings. The van der Waals surface area contributed by atoms with Crippen molar-refractivity contribution in [2.75, 3.05) is 12.8 Å². The average molecular weight is 328 g/mol. The Hall–Kier alpha value is -1.48. The monoisotopic (exact) mass is 328 g/mol. The number of nitrogens with one attached hydrogen (secondary N) is 1. The molecule has 22 heavy (non-hydrogen) atoms. The number of aryl methyl sites for hydroxylation is 1. The number of carbonyl (C=O) groups excluding carboxylic acids is 1. The van der Waals surface area contributed by atoms with Crippen molar-refractivity contribution in [3.8, 4) is 0 Å². The first kappa shape index (κ1) is 15.4. The van der Waals surface area contributed by atoms with Crippen LogP contribution in [0, 0.1) is 0 Å².